The van der Waals surface area contributed by atoms with Crippen LogP contribution in [-0.2, 0) is 46.7 Å². The fourth-order valence-corrected chi connectivity index (χ4v) is 6.97. The number of carbonyl (C=O) groups is 3. The number of phosphoric acid groups is 1. The zero-order valence-electron chi connectivity index (χ0n) is 38.9. The van der Waals surface area contributed by atoms with Crippen LogP contribution in [-0.4, -0.2) is 89.2 Å². The Morgan fingerprint density at radius 1 is 0.517 bits per heavy atom. The van der Waals surface area contributed by atoms with Crippen LogP contribution in [0.25, 0.3) is 0 Å². The lowest BCUT2D eigenvalue weighted by molar-refractivity contribution is -0.870. The SMILES string of the molecule is CCCCC/C=C\C/C=C\CCCCCCCC(=O)OCC(COP(=O)(OCC[N+](C)(C)C)OCC(=O)OCC)OC(=O)CCCCCCC/C=C\C/C=C\CCCCC. The minimum Gasteiger partial charge on any atom is -0.464 e. The van der Waals surface area contributed by atoms with Gasteiger partial charge in [-0.25, -0.2) is 9.36 Å². The fraction of sp³-hybridized carbons (Fsp3) is 0.771. The molecule has 0 rings (SSSR count). The molecule has 0 radical (unpaired) electrons. The molecule has 0 heterocycles. The molecule has 11 nitrogen and oxygen atoms in total. The van der Waals surface area contributed by atoms with E-state index in [0.717, 1.165) is 83.5 Å². The van der Waals surface area contributed by atoms with Crippen molar-refractivity contribution in [3.63, 3.8) is 0 Å². The van der Waals surface area contributed by atoms with E-state index < -0.39 is 45.0 Å². The fourth-order valence-electron chi connectivity index (χ4n) is 5.83. The van der Waals surface area contributed by atoms with E-state index >= 15 is 0 Å². The van der Waals surface area contributed by atoms with Crippen LogP contribution in [0.1, 0.15) is 175 Å². The van der Waals surface area contributed by atoms with Crippen LogP contribution in [0, 0.1) is 0 Å². The molecule has 2 unspecified atom stereocenters. The lowest BCUT2D eigenvalue weighted by Crippen LogP contribution is -2.37. The highest BCUT2D eigenvalue weighted by atomic mass is 31.2. The lowest BCUT2D eigenvalue weighted by atomic mass is 10.1. The van der Waals surface area contributed by atoms with Gasteiger partial charge in [0.1, 0.15) is 19.8 Å². The van der Waals surface area contributed by atoms with Gasteiger partial charge in [0.05, 0.1) is 34.4 Å². The Labute approximate surface area is 366 Å². The van der Waals surface area contributed by atoms with Gasteiger partial charge in [-0.2, -0.15) is 0 Å². The number of hydrogen-bond acceptors (Lipinski definition) is 10. The van der Waals surface area contributed by atoms with Crippen molar-refractivity contribution >= 4 is 25.7 Å². The number of allylic oxidation sites excluding steroid dienone is 8. The van der Waals surface area contributed by atoms with E-state index in [9.17, 15) is 18.9 Å². The first-order valence-corrected chi connectivity index (χ1v) is 24.9. The molecule has 0 amide bonds. The number of rotatable bonds is 42. The van der Waals surface area contributed by atoms with Gasteiger partial charge >= 0.3 is 25.7 Å². The van der Waals surface area contributed by atoms with Crippen molar-refractivity contribution in [1.29, 1.82) is 0 Å². The number of likely N-dealkylation sites (N-methyl/N-ethyl adjacent to an activating group) is 1. The van der Waals surface area contributed by atoms with Crippen molar-refractivity contribution in [2.75, 3.05) is 60.7 Å². The first-order valence-electron chi connectivity index (χ1n) is 23.4. The molecule has 0 aliphatic rings. The van der Waals surface area contributed by atoms with E-state index in [-0.39, 0.29) is 32.7 Å². The summed E-state index contributed by atoms with van der Waals surface area (Å²) in [5, 5.41) is 0. The number of quaternary nitrogens is 1. The summed E-state index contributed by atoms with van der Waals surface area (Å²) in [5.41, 5.74) is 0. The monoisotopic (exact) mass is 869 g/mol. The van der Waals surface area contributed by atoms with Gasteiger partial charge in [-0.15, -0.1) is 0 Å². The Morgan fingerprint density at radius 2 is 0.983 bits per heavy atom. The summed E-state index contributed by atoms with van der Waals surface area (Å²) < 4.78 is 46.6. The lowest BCUT2D eigenvalue weighted by Gasteiger charge is -2.25. The maximum Gasteiger partial charge on any atom is 0.475 e. The van der Waals surface area contributed by atoms with Gasteiger partial charge in [-0.05, 0) is 84.0 Å². The highest BCUT2D eigenvalue weighted by molar-refractivity contribution is 7.48. The molecule has 348 valence electrons. The molecule has 0 aromatic heterocycles. The smallest absolute Gasteiger partial charge is 0.464 e. The Hall–Kier alpha value is -2.56. The molecular formula is C48H87NO10P+. The van der Waals surface area contributed by atoms with Crippen LogP contribution >= 0.6 is 7.82 Å². The van der Waals surface area contributed by atoms with Crippen LogP contribution in [0.2, 0.25) is 0 Å². The molecule has 0 fully saturated rings. The van der Waals surface area contributed by atoms with Crippen molar-refractivity contribution in [1.82, 2.24) is 0 Å². The number of unbranched alkanes of at least 4 members (excludes halogenated alkanes) is 16. The molecule has 0 saturated heterocycles. The van der Waals surface area contributed by atoms with E-state index in [2.05, 4.69) is 62.5 Å². The van der Waals surface area contributed by atoms with Crippen molar-refractivity contribution in [3.8, 4) is 0 Å². The highest BCUT2D eigenvalue weighted by Gasteiger charge is 2.32. The van der Waals surface area contributed by atoms with Crippen LogP contribution in [0.15, 0.2) is 48.6 Å². The molecule has 0 aromatic carbocycles. The Bertz CT molecular complexity index is 1230. The maximum absolute atomic E-state index is 13.6. The second kappa shape index (κ2) is 40.5. The van der Waals surface area contributed by atoms with E-state index in [1.165, 1.54) is 44.9 Å². The summed E-state index contributed by atoms with van der Waals surface area (Å²) in [5.74, 6) is -1.59. The summed E-state index contributed by atoms with van der Waals surface area (Å²) in [7, 11) is 1.55. The molecule has 0 bridgehead atoms. The van der Waals surface area contributed by atoms with Gasteiger partial charge in [-0.1, -0.05) is 127 Å². The van der Waals surface area contributed by atoms with E-state index in [0.29, 0.717) is 23.9 Å². The predicted molar refractivity (Wildman–Crippen MR) is 245 cm³/mol. The number of ether oxygens (including phenoxy) is 3. The van der Waals surface area contributed by atoms with Gasteiger partial charge in [0, 0.05) is 12.8 Å². The molecule has 0 aromatic rings. The van der Waals surface area contributed by atoms with E-state index in [4.69, 9.17) is 27.8 Å². The normalized spacial score (nSPS) is 13.8. The van der Waals surface area contributed by atoms with Gasteiger partial charge in [0.15, 0.2) is 12.7 Å². The minimum atomic E-state index is -4.29. The van der Waals surface area contributed by atoms with E-state index in [1.807, 2.05) is 21.1 Å². The standard InChI is InChI=1S/C48H87NO10P/c1-7-10-12-14-16-18-20-22-24-26-28-30-32-34-36-38-46(50)55-42-45(43-57-60(53,56-41-40-49(4,5)6)58-44-48(52)54-9-3)59-47(51)39-37-35-33-31-29-27-25-23-21-19-17-15-13-11-8-2/h16-19,22-25,45H,7-15,20-21,26-44H2,1-6H3/q+1/b18-16-,19-17-,24-22-,25-23-. The molecule has 0 spiro atoms. The number of hydrogen-bond donors (Lipinski definition) is 0. The molecule has 12 heteroatoms. The number of carbonyl (C=O) groups excluding carboxylic acids is 3. The maximum atomic E-state index is 13.6. The van der Waals surface area contributed by atoms with Crippen LogP contribution in [0.3, 0.4) is 0 Å². The van der Waals surface area contributed by atoms with Gasteiger partial charge in [-0.3, -0.25) is 23.2 Å². The van der Waals surface area contributed by atoms with Gasteiger partial charge < -0.3 is 18.7 Å². The average Bonchev–Trinajstić information content (AvgIpc) is 3.20. The zero-order chi connectivity index (χ0) is 44.4. The summed E-state index contributed by atoms with van der Waals surface area (Å²) in [4.78, 5) is 37.6. The highest BCUT2D eigenvalue weighted by Crippen LogP contribution is 2.49. The second-order valence-corrected chi connectivity index (χ2v) is 18.1. The van der Waals surface area contributed by atoms with Crippen LogP contribution in [0.4, 0.5) is 0 Å². The third-order valence-electron chi connectivity index (χ3n) is 9.47. The Kier molecular flexibility index (Phi) is 38.8. The first-order chi connectivity index (χ1) is 28.9. The van der Waals surface area contributed by atoms with Crippen LogP contribution in [0.5, 0.6) is 0 Å². The molecule has 0 aliphatic heterocycles. The summed E-state index contributed by atoms with van der Waals surface area (Å²) in [6, 6.07) is 0. The zero-order valence-corrected chi connectivity index (χ0v) is 39.8. The topological polar surface area (TPSA) is 124 Å². The van der Waals surface area contributed by atoms with Crippen molar-refractivity contribution in [3.05, 3.63) is 48.6 Å². The molecular weight excluding hydrogens is 781 g/mol. The number of nitrogens with zero attached hydrogens (tertiary/aromatic N) is 1. The quantitative estimate of drug-likeness (QED) is 0.0146. The molecule has 0 aliphatic carbocycles. The Morgan fingerprint density at radius 3 is 1.47 bits per heavy atom. The second-order valence-electron chi connectivity index (χ2n) is 16.4. The van der Waals surface area contributed by atoms with Crippen molar-refractivity contribution < 1.29 is 51.2 Å². The predicted octanol–water partition coefficient (Wildman–Crippen LogP) is 12.5. The number of phosphoric ester groups is 1. The van der Waals surface area contributed by atoms with Crippen LogP contribution < -0.4 is 0 Å². The summed E-state index contributed by atoms with van der Waals surface area (Å²) in [6.07, 6.45) is 41.0. The summed E-state index contributed by atoms with van der Waals surface area (Å²) in [6.45, 7) is 5.38. The third kappa shape index (κ3) is 40.8. The Balaban J connectivity index is 4.91. The number of esters is 3. The first kappa shape index (κ1) is 57.4. The molecule has 60 heavy (non-hydrogen) atoms. The van der Waals surface area contributed by atoms with Crippen molar-refractivity contribution in [2.24, 2.45) is 0 Å². The van der Waals surface area contributed by atoms with Gasteiger partial charge in [0.25, 0.3) is 0 Å². The third-order valence-corrected chi connectivity index (χ3v) is 10.9. The minimum absolute atomic E-state index is 0.0173. The average molecular weight is 869 g/mol. The van der Waals surface area contributed by atoms with E-state index in [1.54, 1.807) is 6.92 Å². The molecule has 0 saturated carbocycles. The summed E-state index contributed by atoms with van der Waals surface area (Å²) >= 11 is 0. The largest absolute Gasteiger partial charge is 0.475 e. The molecule has 0 N–H and O–H groups in total. The van der Waals surface area contributed by atoms with Crippen molar-refractivity contribution in [2.45, 2.75) is 181 Å². The van der Waals surface area contributed by atoms with Gasteiger partial charge in [0.2, 0.25) is 0 Å². The molecule has 2 atom stereocenters.